The smallest absolute Gasteiger partial charge is 0.245 e. The maximum Gasteiger partial charge on any atom is 0.245 e. The van der Waals surface area contributed by atoms with E-state index in [0.29, 0.717) is 53.1 Å². The second kappa shape index (κ2) is 33.7. The number of rotatable bonds is 22. The quantitative estimate of drug-likeness (QED) is 0.0324. The third-order valence-corrected chi connectivity index (χ3v) is 16.0. The Kier molecular flexibility index (Phi) is 27.0. The van der Waals surface area contributed by atoms with Gasteiger partial charge < -0.3 is 85.9 Å². The Morgan fingerprint density at radius 3 is 1.70 bits per heavy atom. The van der Waals surface area contributed by atoms with Gasteiger partial charge in [-0.25, -0.2) is 0 Å². The van der Waals surface area contributed by atoms with Crippen LogP contribution in [0.2, 0.25) is 5.02 Å². The van der Waals surface area contributed by atoms with Crippen molar-refractivity contribution in [1.82, 2.24) is 37.2 Å². The molecule has 1 aliphatic heterocycles. The minimum atomic E-state index is -1.77. The zero-order valence-corrected chi connectivity index (χ0v) is 48.4. The number of hydrogen-bond acceptors (Lipinski definition) is 18. The molecule has 0 aliphatic carbocycles. The van der Waals surface area contributed by atoms with Crippen LogP contribution in [0.5, 0.6) is 11.5 Å². The van der Waals surface area contributed by atoms with Crippen molar-refractivity contribution in [2.24, 2.45) is 22.9 Å². The largest absolute Gasteiger partial charge is 0.508 e. The number of carbonyl (C=O) groups is 9. The zero-order chi connectivity index (χ0) is 61.5. The number of halogens is 1. The number of carbonyl (C=O) groups excluding carboxylic acids is 9. The second-order valence-corrected chi connectivity index (χ2v) is 23.0. The Labute approximate surface area is 498 Å². The first kappa shape index (κ1) is 67.3. The molecule has 10 atom stereocenters. The fourth-order valence-corrected chi connectivity index (χ4v) is 10.9. The van der Waals surface area contributed by atoms with Gasteiger partial charge in [0.15, 0.2) is 0 Å². The third-order valence-electron chi connectivity index (χ3n) is 13.3. The highest BCUT2D eigenvalue weighted by atomic mass is 35.5. The molecule has 1 aliphatic rings. The van der Waals surface area contributed by atoms with E-state index in [-0.39, 0.29) is 60.8 Å². The van der Waals surface area contributed by atoms with Gasteiger partial charge in [0.1, 0.15) is 59.8 Å². The van der Waals surface area contributed by atoms with E-state index in [4.69, 9.17) is 34.5 Å². The Balaban J connectivity index is 1.58. The summed E-state index contributed by atoms with van der Waals surface area (Å²) in [6.07, 6.45) is -0.929. The molecule has 84 heavy (non-hydrogen) atoms. The summed E-state index contributed by atoms with van der Waals surface area (Å²) >= 11 is 6.08. The van der Waals surface area contributed by atoms with Gasteiger partial charge in [-0.2, -0.15) is 0 Å². The maximum atomic E-state index is 14.9. The van der Waals surface area contributed by atoms with Gasteiger partial charge in [-0.05, 0) is 104 Å². The molecule has 4 aromatic rings. The van der Waals surface area contributed by atoms with Crippen molar-refractivity contribution in [3.8, 4) is 11.5 Å². The number of benzene rings is 4. The van der Waals surface area contributed by atoms with E-state index in [1.54, 1.807) is 24.3 Å². The van der Waals surface area contributed by atoms with Crippen molar-refractivity contribution in [1.29, 1.82) is 0 Å². The van der Waals surface area contributed by atoms with Gasteiger partial charge in [0.25, 0.3) is 0 Å². The molecule has 1 fully saturated rings. The monoisotopic (exact) mass is 1220 g/mol. The lowest BCUT2D eigenvalue weighted by Gasteiger charge is -2.29. The lowest BCUT2D eigenvalue weighted by Crippen LogP contribution is -2.62. The standard InChI is InChI=1S/C56H73ClN12O13S2/c1-30(71)47-56(82)68-46(54(80)64-42(48(61)74)24-33-10-18-37(72)19-11-33)29-84-83-28-45(67-49(75)39(59)23-31-6-14-35(57)15-7-31)55(81)66-44(26-34-12-20-38(73)21-13-34)53(79)65-43(52(78)63-41(51(77)69-47)5-3-2-4-22-58)25-32-8-16-36(17-9-32)62-50(76)40(60)27-70/h6-21,30,39-47,70-73H,2-5,22-29,58-60H2,1H3,(H2,61,74)(H,62,76)(H,63,78)(H,64,80)(H,65,79)(H,66,81)(H,67,75)(H,68,82)(H,69,77)/t30-,39+,40+,41+,42-,43-,44+,45-,46+,47+/m1/s1. The molecule has 20 N–H and O–H groups in total. The summed E-state index contributed by atoms with van der Waals surface area (Å²) in [7, 11) is 1.89. The number of aliphatic hydroxyl groups is 2. The first-order valence-electron chi connectivity index (χ1n) is 26.9. The Hall–Kier alpha value is -7.50. The molecule has 0 bridgehead atoms. The minimum absolute atomic E-state index is 0.0157. The number of aliphatic hydroxyl groups excluding tert-OH is 2. The predicted octanol–water partition coefficient (Wildman–Crippen LogP) is -1.22. The highest BCUT2D eigenvalue weighted by molar-refractivity contribution is 8.76. The number of primary amides is 1. The predicted molar refractivity (Wildman–Crippen MR) is 317 cm³/mol. The number of phenolic OH excluding ortho intramolecular Hbond substituents is 2. The molecule has 28 heteroatoms. The molecule has 0 unspecified atom stereocenters. The maximum absolute atomic E-state index is 14.9. The first-order valence-corrected chi connectivity index (χ1v) is 29.8. The molecule has 0 aromatic heterocycles. The summed E-state index contributed by atoms with van der Waals surface area (Å²) in [4.78, 5) is 127. The highest BCUT2D eigenvalue weighted by Gasteiger charge is 2.37. The van der Waals surface area contributed by atoms with E-state index in [2.05, 4.69) is 42.5 Å². The first-order chi connectivity index (χ1) is 40.0. The van der Waals surface area contributed by atoms with Crippen LogP contribution in [0, 0.1) is 0 Å². The van der Waals surface area contributed by atoms with Crippen LogP contribution in [0.1, 0.15) is 54.9 Å². The number of aromatic hydroxyl groups is 2. The molecule has 0 radical (unpaired) electrons. The number of hydrogen-bond donors (Lipinski definition) is 16. The summed E-state index contributed by atoms with van der Waals surface area (Å²) in [6, 6.07) is 11.0. The number of anilines is 1. The van der Waals surface area contributed by atoms with Gasteiger partial charge in [0, 0.05) is 41.5 Å². The number of nitrogens with one attached hydrogen (secondary N) is 8. The van der Waals surface area contributed by atoms with Gasteiger partial charge in [-0.3, -0.25) is 43.2 Å². The van der Waals surface area contributed by atoms with E-state index < -0.39 is 120 Å². The molecule has 0 spiro atoms. The zero-order valence-electron chi connectivity index (χ0n) is 46.0. The van der Waals surface area contributed by atoms with Crippen LogP contribution in [0.4, 0.5) is 5.69 Å². The number of phenols is 2. The van der Waals surface area contributed by atoms with E-state index >= 15 is 0 Å². The fourth-order valence-electron chi connectivity index (χ4n) is 8.45. The molecular formula is C56H73ClN12O13S2. The van der Waals surface area contributed by atoms with Gasteiger partial charge >= 0.3 is 0 Å². The number of nitrogens with two attached hydrogens (primary N) is 4. The van der Waals surface area contributed by atoms with Crippen molar-refractivity contribution in [2.45, 2.75) is 119 Å². The Bertz CT molecular complexity index is 2880. The number of unbranched alkanes of at least 4 members (excludes halogenated alkanes) is 2. The molecule has 0 saturated carbocycles. The summed E-state index contributed by atoms with van der Waals surface area (Å²) in [6.45, 7) is 0.897. The molecule has 9 amide bonds. The molecule has 1 saturated heterocycles. The SMILES string of the molecule is C[C@@H](O)[C@@H]1NC(=O)[C@H](CCCCCN)NC(=O)[C@@H](Cc2ccc(NC(=O)[C@@H](N)CO)cc2)NC(=O)[C@H](Cc2ccc(O)cc2)NC(=O)[C@H](NC(=O)[C@@H](N)Cc2ccc(Cl)cc2)CSSC[C@@H](C(=O)N[C@H](Cc2ccc(O)cc2)C(N)=O)NC1=O. The lowest BCUT2D eigenvalue weighted by molar-refractivity contribution is -0.136. The second-order valence-electron chi connectivity index (χ2n) is 20.1. The van der Waals surface area contributed by atoms with Gasteiger partial charge in [0.05, 0.1) is 18.8 Å². The van der Waals surface area contributed by atoms with Crippen molar-refractivity contribution in [2.75, 3.05) is 30.0 Å². The van der Waals surface area contributed by atoms with Crippen LogP contribution in [-0.2, 0) is 68.8 Å². The minimum Gasteiger partial charge on any atom is -0.508 e. The van der Waals surface area contributed by atoms with Crippen LogP contribution < -0.4 is 65.5 Å². The summed E-state index contributed by atoms with van der Waals surface area (Å²) in [5.74, 6) is -8.83. The van der Waals surface area contributed by atoms with Gasteiger partial charge in [-0.1, -0.05) is 94.6 Å². The van der Waals surface area contributed by atoms with Crippen LogP contribution in [-0.4, -0.2) is 159 Å². The molecule has 454 valence electrons. The van der Waals surface area contributed by atoms with E-state index in [0.717, 1.165) is 21.6 Å². The Morgan fingerprint density at radius 2 is 1.14 bits per heavy atom. The molecular weight excluding hydrogens is 1150 g/mol. The molecule has 4 aromatic carbocycles. The van der Waals surface area contributed by atoms with Crippen molar-refractivity contribution in [3.63, 3.8) is 0 Å². The number of amides is 9. The molecule has 5 rings (SSSR count). The third kappa shape index (κ3) is 21.9. The highest BCUT2D eigenvalue weighted by Crippen LogP contribution is 2.25. The van der Waals surface area contributed by atoms with Gasteiger partial charge in [0.2, 0.25) is 53.2 Å². The lowest BCUT2D eigenvalue weighted by atomic mass is 10.0. The van der Waals surface area contributed by atoms with E-state index in [9.17, 15) is 63.6 Å². The van der Waals surface area contributed by atoms with Crippen LogP contribution in [0.3, 0.4) is 0 Å². The average Bonchev–Trinajstić information content (AvgIpc) is 3.66. The average molecular weight is 1220 g/mol. The van der Waals surface area contributed by atoms with Crippen molar-refractivity contribution < 1.29 is 63.6 Å². The van der Waals surface area contributed by atoms with Crippen molar-refractivity contribution >= 4 is 92.0 Å². The summed E-state index contributed by atoms with van der Waals surface area (Å²) in [5, 5.41) is 61.9. The van der Waals surface area contributed by atoms with Crippen molar-refractivity contribution in [3.05, 3.63) is 124 Å². The normalized spacial score (nSPS) is 20.9. The molecule has 1 heterocycles. The van der Waals surface area contributed by atoms with Gasteiger partial charge in [-0.15, -0.1) is 0 Å². The van der Waals surface area contributed by atoms with Crippen LogP contribution in [0.25, 0.3) is 0 Å². The summed E-state index contributed by atoms with van der Waals surface area (Å²) < 4.78 is 0. The van der Waals surface area contributed by atoms with E-state index in [1.807, 2.05) is 0 Å². The van der Waals surface area contributed by atoms with Crippen LogP contribution >= 0.6 is 33.2 Å². The topological polar surface area (TPSA) is 435 Å². The fraction of sp³-hybridized carbons (Fsp3) is 0.411. The Morgan fingerprint density at radius 1 is 0.631 bits per heavy atom. The summed E-state index contributed by atoms with van der Waals surface area (Å²) in [5.41, 5.74) is 25.8. The van der Waals surface area contributed by atoms with Crippen LogP contribution in [0.15, 0.2) is 97.1 Å². The van der Waals surface area contributed by atoms with E-state index in [1.165, 1.54) is 79.7 Å². The molecule has 25 nitrogen and oxygen atoms in total.